The Balaban J connectivity index is 2.53. The Hall–Kier alpha value is -1.55. The fourth-order valence-electron chi connectivity index (χ4n) is 1.54. The van der Waals surface area contributed by atoms with Crippen LogP contribution >= 0.6 is 0 Å². The van der Waals surface area contributed by atoms with Crippen molar-refractivity contribution in [3.05, 3.63) is 29.8 Å². The van der Waals surface area contributed by atoms with Gasteiger partial charge in [0.1, 0.15) is 5.75 Å². The summed E-state index contributed by atoms with van der Waals surface area (Å²) in [4.78, 5) is 11.7. The van der Waals surface area contributed by atoms with Crippen molar-refractivity contribution in [2.45, 2.75) is 45.7 Å². The molecule has 1 amide bonds. The topological polar surface area (TPSA) is 64.3 Å². The van der Waals surface area contributed by atoms with Crippen molar-refractivity contribution in [2.24, 2.45) is 5.73 Å². The Morgan fingerprint density at radius 1 is 1.47 bits per heavy atom. The molecule has 1 aromatic rings. The van der Waals surface area contributed by atoms with E-state index in [1.54, 1.807) is 0 Å². The Labute approximate surface area is 115 Å². The lowest BCUT2D eigenvalue weighted by molar-refractivity contribution is -0.124. The highest BCUT2D eigenvalue weighted by atomic mass is 16.5. The number of nitrogens with two attached hydrogens (primary N) is 1. The van der Waals surface area contributed by atoms with E-state index >= 15 is 0 Å². The van der Waals surface area contributed by atoms with Crippen LogP contribution in [-0.2, 0) is 4.79 Å². The monoisotopic (exact) mass is 264 g/mol. The third-order valence-electron chi connectivity index (χ3n) is 3.12. The predicted molar refractivity (Wildman–Crippen MR) is 77.1 cm³/mol. The summed E-state index contributed by atoms with van der Waals surface area (Å²) >= 11 is 0. The van der Waals surface area contributed by atoms with Gasteiger partial charge in [0.2, 0.25) is 0 Å². The van der Waals surface area contributed by atoms with Gasteiger partial charge in [-0.25, -0.2) is 0 Å². The van der Waals surface area contributed by atoms with Crippen molar-refractivity contribution in [2.75, 3.05) is 6.61 Å². The first-order chi connectivity index (χ1) is 8.84. The molecule has 0 bridgehead atoms. The largest absolute Gasteiger partial charge is 0.484 e. The van der Waals surface area contributed by atoms with E-state index in [1.807, 2.05) is 52.0 Å². The lowest BCUT2D eigenvalue weighted by Gasteiger charge is -2.24. The van der Waals surface area contributed by atoms with E-state index in [2.05, 4.69) is 5.32 Å². The van der Waals surface area contributed by atoms with Crippen LogP contribution in [0.3, 0.4) is 0 Å². The van der Waals surface area contributed by atoms with Crippen LogP contribution in [0, 0.1) is 0 Å². The number of carbonyl (C=O) groups is 1. The highest BCUT2D eigenvalue weighted by Crippen LogP contribution is 2.17. The molecule has 0 spiro atoms. The second-order valence-corrected chi connectivity index (χ2v) is 5.44. The zero-order valence-corrected chi connectivity index (χ0v) is 12.2. The smallest absolute Gasteiger partial charge is 0.258 e. The average Bonchev–Trinajstić information content (AvgIpc) is 2.36. The third-order valence-corrected chi connectivity index (χ3v) is 3.12. The first-order valence-electron chi connectivity index (χ1n) is 6.63. The van der Waals surface area contributed by atoms with Gasteiger partial charge in [0.25, 0.3) is 5.91 Å². The van der Waals surface area contributed by atoms with Crippen LogP contribution < -0.4 is 15.8 Å². The Bertz CT molecular complexity index is 428. The molecule has 0 aliphatic carbocycles. The molecule has 0 saturated carbocycles. The van der Waals surface area contributed by atoms with Crippen molar-refractivity contribution in [1.29, 1.82) is 0 Å². The minimum Gasteiger partial charge on any atom is -0.484 e. The summed E-state index contributed by atoms with van der Waals surface area (Å²) in [6, 6.07) is 7.46. The fraction of sp³-hybridized carbons (Fsp3) is 0.533. The molecule has 0 heterocycles. The summed E-state index contributed by atoms with van der Waals surface area (Å²) < 4.78 is 5.48. The van der Waals surface area contributed by atoms with Crippen molar-refractivity contribution in [3.63, 3.8) is 0 Å². The highest BCUT2D eigenvalue weighted by molar-refractivity contribution is 5.78. The molecule has 0 aliphatic heterocycles. The average molecular weight is 264 g/mol. The molecule has 0 fully saturated rings. The van der Waals surface area contributed by atoms with Crippen molar-refractivity contribution in [1.82, 2.24) is 5.32 Å². The maximum absolute atomic E-state index is 11.7. The zero-order valence-electron chi connectivity index (χ0n) is 12.2. The first kappa shape index (κ1) is 15.5. The summed E-state index contributed by atoms with van der Waals surface area (Å²) in [5, 5.41) is 2.92. The fourth-order valence-corrected chi connectivity index (χ4v) is 1.54. The van der Waals surface area contributed by atoms with Gasteiger partial charge in [0, 0.05) is 11.6 Å². The lowest BCUT2D eigenvalue weighted by atomic mass is 10.0. The van der Waals surface area contributed by atoms with Gasteiger partial charge in [-0.05, 0) is 44.9 Å². The second kappa shape index (κ2) is 6.57. The van der Waals surface area contributed by atoms with Crippen LogP contribution in [-0.4, -0.2) is 18.1 Å². The maximum Gasteiger partial charge on any atom is 0.258 e. The first-order valence-corrected chi connectivity index (χ1v) is 6.63. The van der Waals surface area contributed by atoms with E-state index in [-0.39, 0.29) is 24.1 Å². The molecule has 19 heavy (non-hydrogen) atoms. The van der Waals surface area contributed by atoms with Gasteiger partial charge >= 0.3 is 0 Å². The predicted octanol–water partition coefficient (Wildman–Crippen LogP) is 2.39. The summed E-state index contributed by atoms with van der Waals surface area (Å²) in [6.07, 6.45) is 0.874. The third kappa shape index (κ3) is 5.30. The molecular weight excluding hydrogens is 240 g/mol. The summed E-state index contributed by atoms with van der Waals surface area (Å²) in [5.41, 5.74) is 6.60. The molecule has 1 rings (SSSR count). The number of ether oxygens (including phenoxy) is 1. The molecule has 1 aromatic carbocycles. The van der Waals surface area contributed by atoms with Crippen molar-refractivity contribution < 1.29 is 9.53 Å². The quantitative estimate of drug-likeness (QED) is 0.829. The van der Waals surface area contributed by atoms with Crippen LogP contribution in [0.5, 0.6) is 5.75 Å². The number of carbonyl (C=O) groups excluding carboxylic acids is 1. The van der Waals surface area contributed by atoms with Crippen LogP contribution in [0.1, 0.15) is 45.7 Å². The molecule has 3 N–H and O–H groups in total. The minimum absolute atomic E-state index is 0.0197. The normalized spacial score (nSPS) is 12.9. The van der Waals surface area contributed by atoms with E-state index in [0.717, 1.165) is 12.0 Å². The number of rotatable bonds is 6. The Kier molecular flexibility index (Phi) is 5.36. The SMILES string of the molecule is CCC(C)(C)NC(=O)COc1cccc([C@@H](C)N)c1. The highest BCUT2D eigenvalue weighted by Gasteiger charge is 2.17. The van der Waals surface area contributed by atoms with Crippen LogP contribution in [0.2, 0.25) is 0 Å². The van der Waals surface area contributed by atoms with Gasteiger partial charge in [0.15, 0.2) is 6.61 Å². The Morgan fingerprint density at radius 3 is 2.74 bits per heavy atom. The minimum atomic E-state index is -0.200. The van der Waals surface area contributed by atoms with Crippen molar-refractivity contribution >= 4 is 5.91 Å². The lowest BCUT2D eigenvalue weighted by Crippen LogP contribution is -2.44. The zero-order chi connectivity index (χ0) is 14.5. The molecule has 106 valence electrons. The van der Waals surface area contributed by atoms with E-state index in [0.29, 0.717) is 5.75 Å². The second-order valence-electron chi connectivity index (χ2n) is 5.44. The number of hydrogen-bond acceptors (Lipinski definition) is 3. The van der Waals surface area contributed by atoms with E-state index < -0.39 is 0 Å². The summed E-state index contributed by atoms with van der Waals surface area (Å²) in [6.45, 7) is 7.94. The van der Waals surface area contributed by atoms with Crippen LogP contribution in [0.25, 0.3) is 0 Å². The van der Waals surface area contributed by atoms with Crippen molar-refractivity contribution in [3.8, 4) is 5.75 Å². The molecule has 0 aromatic heterocycles. The Morgan fingerprint density at radius 2 is 2.16 bits per heavy atom. The number of amides is 1. The van der Waals surface area contributed by atoms with E-state index in [9.17, 15) is 4.79 Å². The van der Waals surface area contributed by atoms with Gasteiger partial charge in [-0.1, -0.05) is 19.1 Å². The number of benzene rings is 1. The molecule has 1 atom stereocenters. The van der Waals surface area contributed by atoms with Crippen LogP contribution in [0.15, 0.2) is 24.3 Å². The molecule has 0 radical (unpaired) electrons. The van der Waals surface area contributed by atoms with Gasteiger partial charge < -0.3 is 15.8 Å². The van der Waals surface area contributed by atoms with E-state index in [4.69, 9.17) is 10.5 Å². The van der Waals surface area contributed by atoms with Crippen LogP contribution in [0.4, 0.5) is 0 Å². The van der Waals surface area contributed by atoms with E-state index in [1.165, 1.54) is 0 Å². The van der Waals surface area contributed by atoms with Gasteiger partial charge in [-0.2, -0.15) is 0 Å². The van der Waals surface area contributed by atoms with Gasteiger partial charge in [-0.3, -0.25) is 4.79 Å². The number of nitrogens with one attached hydrogen (secondary N) is 1. The molecule has 0 saturated heterocycles. The standard InChI is InChI=1S/C15H24N2O2/c1-5-15(3,4)17-14(18)10-19-13-8-6-7-12(9-13)11(2)16/h6-9,11H,5,10,16H2,1-4H3,(H,17,18)/t11-/m1/s1. The number of hydrogen-bond donors (Lipinski definition) is 2. The summed E-state index contributed by atoms with van der Waals surface area (Å²) in [5.74, 6) is 0.553. The summed E-state index contributed by atoms with van der Waals surface area (Å²) in [7, 11) is 0. The molecule has 0 aliphatic rings. The molecule has 4 nitrogen and oxygen atoms in total. The molecular formula is C15H24N2O2. The molecule has 0 unspecified atom stereocenters. The van der Waals surface area contributed by atoms with Gasteiger partial charge in [-0.15, -0.1) is 0 Å². The maximum atomic E-state index is 11.7. The molecule has 4 heteroatoms. The van der Waals surface area contributed by atoms with Gasteiger partial charge in [0.05, 0.1) is 0 Å².